The van der Waals surface area contributed by atoms with Gasteiger partial charge in [-0.25, -0.2) is 19.2 Å². The molecule has 0 bridgehead atoms. The van der Waals surface area contributed by atoms with E-state index in [9.17, 15) is 38.4 Å². The summed E-state index contributed by atoms with van der Waals surface area (Å²) in [6.45, 7) is 14.2. The molecule has 0 radical (unpaired) electrons. The highest BCUT2D eigenvalue weighted by Crippen LogP contribution is 2.56. The Labute approximate surface area is 495 Å². The molecular formula is C62H70N2O22. The van der Waals surface area contributed by atoms with E-state index in [0.29, 0.717) is 71.3 Å². The van der Waals surface area contributed by atoms with Crippen LogP contribution in [-0.4, -0.2) is 137 Å². The maximum Gasteiger partial charge on any atom is 0.407 e. The molecule has 86 heavy (non-hydrogen) atoms. The first kappa shape index (κ1) is 64.4. The van der Waals surface area contributed by atoms with Crippen molar-refractivity contribution in [1.82, 2.24) is 10.6 Å². The Balaban J connectivity index is 0.000000273. The molecule has 2 spiro atoms. The van der Waals surface area contributed by atoms with Gasteiger partial charge in [0.05, 0.1) is 52.0 Å². The van der Waals surface area contributed by atoms with Crippen molar-refractivity contribution in [1.29, 1.82) is 0 Å². The number of amides is 2. The summed E-state index contributed by atoms with van der Waals surface area (Å²) in [6.07, 6.45) is 2.75. The van der Waals surface area contributed by atoms with Crippen LogP contribution in [0.4, 0.5) is 9.59 Å². The van der Waals surface area contributed by atoms with Crippen LogP contribution in [0.25, 0.3) is 0 Å². The lowest BCUT2D eigenvalue weighted by molar-refractivity contribution is -0.142. The Bertz CT molecular complexity index is 3010. The Morgan fingerprint density at radius 2 is 0.721 bits per heavy atom. The number of hydrogen-bond donors (Lipinski definition) is 4. The van der Waals surface area contributed by atoms with Gasteiger partial charge in [-0.3, -0.25) is 19.2 Å². The van der Waals surface area contributed by atoms with Crippen LogP contribution in [0.15, 0.2) is 73.8 Å². The fourth-order valence-corrected chi connectivity index (χ4v) is 10.4. The molecule has 4 aromatic carbocycles. The second kappa shape index (κ2) is 30.1. The summed E-state index contributed by atoms with van der Waals surface area (Å²) < 4.78 is 65.5. The minimum atomic E-state index is -1.09. The lowest BCUT2D eigenvalue weighted by Gasteiger charge is -2.41. The number of aliphatic hydroxyl groups is 2. The van der Waals surface area contributed by atoms with E-state index in [0.717, 1.165) is 45.5 Å². The largest absolute Gasteiger partial charge is 0.491 e. The van der Waals surface area contributed by atoms with Crippen LogP contribution >= 0.6 is 0 Å². The molecule has 4 aromatic rings. The topological polar surface area (TPSA) is 312 Å². The average molecular weight is 1200 g/mol. The van der Waals surface area contributed by atoms with E-state index in [2.05, 4.69) is 23.8 Å². The van der Waals surface area contributed by atoms with Crippen LogP contribution in [-0.2, 0) is 84.2 Å². The molecule has 4 aliphatic heterocycles. The molecule has 4 N–H and O–H groups in total. The van der Waals surface area contributed by atoms with Gasteiger partial charge >= 0.3 is 48.0 Å². The van der Waals surface area contributed by atoms with Gasteiger partial charge in [-0.2, -0.15) is 0 Å². The van der Waals surface area contributed by atoms with Crippen molar-refractivity contribution >= 4 is 48.0 Å². The summed E-state index contributed by atoms with van der Waals surface area (Å²) in [5.41, 5.74) is 4.01. The van der Waals surface area contributed by atoms with Gasteiger partial charge in [0.2, 0.25) is 0 Å². The molecule has 0 saturated heterocycles. The Morgan fingerprint density at radius 3 is 0.977 bits per heavy atom. The van der Waals surface area contributed by atoms with E-state index in [1.807, 2.05) is 52.0 Å². The maximum absolute atomic E-state index is 13.1. The number of esters is 6. The van der Waals surface area contributed by atoms with Crippen LogP contribution < -0.4 is 48.5 Å². The second-order valence-corrected chi connectivity index (χ2v) is 19.7. The van der Waals surface area contributed by atoms with E-state index in [-0.39, 0.29) is 116 Å². The highest BCUT2D eigenvalue weighted by atomic mass is 16.6. The molecule has 24 heteroatoms. The van der Waals surface area contributed by atoms with Gasteiger partial charge < -0.3 is 77.7 Å². The highest BCUT2D eigenvalue weighted by Gasteiger charge is 2.52. The zero-order valence-electron chi connectivity index (χ0n) is 48.4. The van der Waals surface area contributed by atoms with Crippen LogP contribution in [0.3, 0.4) is 0 Å². The molecule has 0 atom stereocenters. The number of benzene rings is 4. The molecule has 460 valence electrons. The van der Waals surface area contributed by atoms with E-state index in [1.54, 1.807) is 24.3 Å². The number of hydrogen-bond acceptors (Lipinski definition) is 22. The summed E-state index contributed by atoms with van der Waals surface area (Å²) in [6, 6.07) is 14.1. The summed E-state index contributed by atoms with van der Waals surface area (Å²) in [5, 5.41) is 23.2. The van der Waals surface area contributed by atoms with Crippen molar-refractivity contribution in [3.8, 4) is 46.0 Å². The monoisotopic (exact) mass is 1190 g/mol. The first-order valence-electron chi connectivity index (χ1n) is 28.1. The predicted octanol–water partition coefficient (Wildman–Crippen LogP) is 5.84. The molecule has 4 heterocycles. The van der Waals surface area contributed by atoms with Crippen molar-refractivity contribution < 1.29 is 105 Å². The summed E-state index contributed by atoms with van der Waals surface area (Å²) >= 11 is 0. The molecule has 4 aliphatic rings. The molecule has 8 rings (SSSR count). The first-order chi connectivity index (χ1) is 41.5. The predicted molar refractivity (Wildman–Crippen MR) is 303 cm³/mol. The minimum Gasteiger partial charge on any atom is -0.491 e. The van der Waals surface area contributed by atoms with E-state index >= 15 is 0 Å². The number of carbonyl (C=O) groups is 8. The molecule has 24 nitrogen and oxygen atoms in total. The van der Waals surface area contributed by atoms with Crippen LogP contribution in [0.2, 0.25) is 0 Å². The number of aryl methyl sites for hydroxylation is 4. The quantitative estimate of drug-likeness (QED) is 0.0189. The lowest BCUT2D eigenvalue weighted by atomic mass is 9.66. The fourth-order valence-electron chi connectivity index (χ4n) is 10.4. The molecule has 0 unspecified atom stereocenters. The molecule has 0 saturated carbocycles. The van der Waals surface area contributed by atoms with Gasteiger partial charge in [0.25, 0.3) is 0 Å². The number of nitrogens with one attached hydrogen (secondary N) is 2. The lowest BCUT2D eigenvalue weighted by Crippen LogP contribution is -2.43. The van der Waals surface area contributed by atoms with Crippen molar-refractivity contribution in [3.63, 3.8) is 0 Å². The third-order valence-corrected chi connectivity index (χ3v) is 14.3. The summed E-state index contributed by atoms with van der Waals surface area (Å²) in [5.74, 6) is -0.125. The maximum atomic E-state index is 13.1. The Morgan fingerprint density at radius 1 is 0.442 bits per heavy atom. The summed E-state index contributed by atoms with van der Waals surface area (Å²) in [7, 11) is 0. The standard InChI is InChI=1S/C37H42N2O14.C25H28O8/c1-5-23-17-25-29(19-27(23)46-13-15-50-35(44)38-9-11-48-31(40)7-3)52-33(42)21-37(25)22-34(43)53-30-20-28(24(6-2)18-26(30)37)47-14-16-51-36(45)39-10-12-49-32(41)8-4;1-3-15-9-17-21(11-19(15)30-7-5-26)32-23(28)13-25(17)14-24(29)33-22-12-20(31-8-6-27)16(4-2)10-18(22)25/h7-8,17-20H,3-6,9-16,21-22H2,1-2H3,(H,38,44)(H,39,45);9-12,26-27H,3-8,13-14H2,1-2H3. The van der Waals surface area contributed by atoms with E-state index in [4.69, 9.17) is 67.1 Å². The van der Waals surface area contributed by atoms with Crippen molar-refractivity contribution in [2.45, 2.75) is 89.9 Å². The molecule has 0 aromatic heterocycles. The zero-order valence-corrected chi connectivity index (χ0v) is 48.4. The smallest absolute Gasteiger partial charge is 0.407 e. The van der Waals surface area contributed by atoms with Gasteiger partial charge in [0.15, 0.2) is 0 Å². The minimum absolute atomic E-state index is 0.00208. The van der Waals surface area contributed by atoms with Gasteiger partial charge in [-0.1, -0.05) is 40.9 Å². The summed E-state index contributed by atoms with van der Waals surface area (Å²) in [4.78, 5) is 97.9. The van der Waals surface area contributed by atoms with Gasteiger partial charge in [0, 0.05) is 69.5 Å². The van der Waals surface area contributed by atoms with E-state index < -0.39 is 58.8 Å². The third-order valence-electron chi connectivity index (χ3n) is 14.3. The molecule has 0 aliphatic carbocycles. The van der Waals surface area contributed by atoms with Crippen molar-refractivity contribution in [3.05, 3.63) is 118 Å². The first-order valence-corrected chi connectivity index (χ1v) is 28.1. The fraction of sp³-hybridized carbons (Fsp3) is 0.419. The average Bonchev–Trinajstić information content (AvgIpc) is 0.886. The van der Waals surface area contributed by atoms with Gasteiger partial charge in [-0.15, -0.1) is 0 Å². The number of aliphatic hydroxyl groups excluding tert-OH is 2. The van der Waals surface area contributed by atoms with Gasteiger partial charge in [-0.05, 0) is 72.2 Å². The molecule has 0 fully saturated rings. The highest BCUT2D eigenvalue weighted by molar-refractivity contribution is 5.89. The van der Waals surface area contributed by atoms with Crippen LogP contribution in [0, 0.1) is 0 Å². The number of carbonyl (C=O) groups excluding carboxylic acids is 8. The number of rotatable bonds is 26. The molecule has 2 amide bonds. The third kappa shape index (κ3) is 15.4. The Kier molecular flexibility index (Phi) is 22.5. The number of alkyl carbamates (subject to hydrolysis) is 2. The zero-order chi connectivity index (χ0) is 62.0. The van der Waals surface area contributed by atoms with Crippen molar-refractivity contribution in [2.24, 2.45) is 0 Å². The molecular weight excluding hydrogens is 1120 g/mol. The Hall–Kier alpha value is -9.16. The normalized spacial score (nSPS) is 14.5. The van der Waals surface area contributed by atoms with Gasteiger partial charge in [0.1, 0.15) is 98.9 Å². The number of ether oxygens (including phenoxy) is 12. The SMILES string of the molecule is C=CC(=O)OCCNC(=O)OCCOc1cc2c(cc1CC)C1(CC(=O)O2)CC(=O)Oc2cc(OCCOC(=O)NCCOC(=O)C=C)c(CC)cc21.CCc1cc2c(cc1OCCO)OC(=O)CC21CC(=O)Oc2cc(OCCO)c(CC)cc21. The van der Waals surface area contributed by atoms with Crippen LogP contribution in [0.1, 0.15) is 97.9 Å². The number of fused-ring (bicyclic) bond motifs is 8. The van der Waals surface area contributed by atoms with Crippen molar-refractivity contribution in [2.75, 3.05) is 79.2 Å². The van der Waals surface area contributed by atoms with Crippen LogP contribution in [0.5, 0.6) is 46.0 Å². The second-order valence-electron chi connectivity index (χ2n) is 19.7. The van der Waals surface area contributed by atoms with E-state index in [1.165, 1.54) is 0 Å².